The van der Waals surface area contributed by atoms with E-state index in [1.165, 1.54) is 12.1 Å². The Morgan fingerprint density at radius 3 is 2.50 bits per heavy atom. The summed E-state index contributed by atoms with van der Waals surface area (Å²) in [4.78, 5) is 14.5. The molecule has 2 nitrogen and oxygen atoms in total. The first kappa shape index (κ1) is 14.5. The molecule has 1 amide bonds. The highest BCUT2D eigenvalue weighted by molar-refractivity contribution is 5.95. The van der Waals surface area contributed by atoms with Crippen molar-refractivity contribution in [3.8, 4) is 0 Å². The summed E-state index contributed by atoms with van der Waals surface area (Å²) in [6, 6.07) is 15.6. The van der Waals surface area contributed by atoms with Crippen LogP contribution in [0.1, 0.15) is 28.8 Å². The summed E-state index contributed by atoms with van der Waals surface area (Å²) in [5.74, 6) is -0.219. The van der Waals surface area contributed by atoms with Crippen molar-refractivity contribution in [3.63, 3.8) is 0 Å². The zero-order valence-corrected chi connectivity index (χ0v) is 12.3. The zero-order chi connectivity index (χ0) is 15.5. The Bertz CT molecular complexity index is 692. The lowest BCUT2D eigenvalue weighted by Crippen LogP contribution is -2.30. The third-order valence-electron chi connectivity index (χ3n) is 3.90. The monoisotopic (exact) mass is 295 g/mol. The number of carbonyl (C=O) groups excluding carboxylic acids is 1. The van der Waals surface area contributed by atoms with E-state index in [4.69, 9.17) is 0 Å². The molecule has 0 radical (unpaired) electrons. The molecule has 0 aromatic heterocycles. The Balaban J connectivity index is 1.87. The lowest BCUT2D eigenvalue weighted by molar-refractivity contribution is 0.0788. The van der Waals surface area contributed by atoms with Crippen LogP contribution >= 0.6 is 0 Å². The maximum atomic E-state index is 13.4. The Morgan fingerprint density at radius 1 is 1.14 bits per heavy atom. The summed E-state index contributed by atoms with van der Waals surface area (Å²) < 4.78 is 13.4. The second kappa shape index (κ2) is 6.14. The molecule has 0 N–H and O–H groups in total. The van der Waals surface area contributed by atoms with Gasteiger partial charge in [0.25, 0.3) is 5.91 Å². The number of nitrogens with zero attached hydrogens (tertiary/aromatic N) is 1. The summed E-state index contributed by atoms with van der Waals surface area (Å²) in [6.45, 7) is 4.56. The molecule has 1 fully saturated rings. The topological polar surface area (TPSA) is 20.3 Å². The molecule has 0 spiro atoms. The summed E-state index contributed by atoms with van der Waals surface area (Å²) in [5, 5.41) is 0. The van der Waals surface area contributed by atoms with Gasteiger partial charge in [-0.2, -0.15) is 0 Å². The minimum absolute atomic E-state index is 0.194. The molecule has 0 bridgehead atoms. The summed E-state index contributed by atoms with van der Waals surface area (Å²) in [6.07, 6.45) is 2.14. The summed E-state index contributed by atoms with van der Waals surface area (Å²) in [5.41, 5.74) is 2.23. The van der Waals surface area contributed by atoms with Gasteiger partial charge in [0.2, 0.25) is 0 Å². The van der Waals surface area contributed by atoms with Crippen LogP contribution in [0.3, 0.4) is 0 Å². The van der Waals surface area contributed by atoms with E-state index in [0.29, 0.717) is 18.0 Å². The average Bonchev–Trinajstić information content (AvgIpc) is 3.37. The molecule has 0 aliphatic heterocycles. The normalized spacial score (nSPS) is 13.7. The fraction of sp³-hybridized carbons (Fsp3) is 0.211. The molecule has 0 unspecified atom stereocenters. The van der Waals surface area contributed by atoms with Gasteiger partial charge in [-0.05, 0) is 42.5 Å². The Kier molecular flexibility index (Phi) is 4.05. The van der Waals surface area contributed by atoms with Gasteiger partial charge in [0.1, 0.15) is 5.82 Å². The van der Waals surface area contributed by atoms with Crippen LogP contribution in [0.5, 0.6) is 0 Å². The van der Waals surface area contributed by atoms with E-state index in [1.54, 1.807) is 17.0 Å². The van der Waals surface area contributed by atoms with Crippen LogP contribution in [0.25, 0.3) is 0 Å². The molecule has 22 heavy (non-hydrogen) atoms. The van der Waals surface area contributed by atoms with Crippen molar-refractivity contribution in [1.82, 2.24) is 4.90 Å². The van der Waals surface area contributed by atoms with Gasteiger partial charge in [0.15, 0.2) is 0 Å². The van der Waals surface area contributed by atoms with Crippen molar-refractivity contribution in [2.45, 2.75) is 19.4 Å². The molecule has 2 aromatic rings. The second-order valence-electron chi connectivity index (χ2n) is 5.65. The van der Waals surface area contributed by atoms with Crippen molar-refractivity contribution < 1.29 is 9.18 Å². The molecule has 0 heterocycles. The number of hydrogen-bond donors (Lipinski definition) is 0. The third kappa shape index (κ3) is 3.25. The van der Waals surface area contributed by atoms with E-state index >= 15 is 0 Å². The van der Waals surface area contributed by atoms with Crippen LogP contribution < -0.4 is 0 Å². The van der Waals surface area contributed by atoms with E-state index in [1.807, 2.05) is 30.3 Å². The first-order chi connectivity index (χ1) is 10.6. The van der Waals surface area contributed by atoms with Gasteiger partial charge < -0.3 is 4.90 Å². The highest BCUT2D eigenvalue weighted by atomic mass is 19.1. The van der Waals surface area contributed by atoms with Crippen LogP contribution in [0, 0.1) is 11.7 Å². The highest BCUT2D eigenvalue weighted by Gasteiger charge is 2.31. The zero-order valence-electron chi connectivity index (χ0n) is 12.3. The number of rotatable bonds is 5. The van der Waals surface area contributed by atoms with E-state index in [0.717, 1.165) is 24.1 Å². The lowest BCUT2D eigenvalue weighted by atomic mass is 10.1. The molecular weight excluding hydrogens is 277 g/mol. The van der Waals surface area contributed by atoms with Crippen molar-refractivity contribution in [2.75, 3.05) is 0 Å². The standard InChI is InChI=1S/C19H18FNO/c1-14(16-10-11-16)21(13-15-6-3-2-4-7-15)19(22)17-8-5-9-18(20)12-17/h2-9,12,16H,1,10-11,13H2. The van der Waals surface area contributed by atoms with Crippen molar-refractivity contribution in [1.29, 1.82) is 0 Å². The van der Waals surface area contributed by atoms with Gasteiger partial charge in [-0.1, -0.05) is 43.0 Å². The first-order valence-electron chi connectivity index (χ1n) is 7.45. The molecule has 3 rings (SSSR count). The molecule has 1 aliphatic carbocycles. The predicted molar refractivity (Wildman–Crippen MR) is 84.6 cm³/mol. The predicted octanol–water partition coefficient (Wildman–Crippen LogP) is 4.39. The molecular formula is C19H18FNO. The summed E-state index contributed by atoms with van der Waals surface area (Å²) in [7, 11) is 0. The third-order valence-corrected chi connectivity index (χ3v) is 3.90. The van der Waals surface area contributed by atoms with Crippen LogP contribution in [0.15, 0.2) is 66.9 Å². The van der Waals surface area contributed by atoms with E-state index in [9.17, 15) is 9.18 Å². The maximum absolute atomic E-state index is 13.4. The molecule has 0 atom stereocenters. The van der Waals surface area contributed by atoms with E-state index in [-0.39, 0.29) is 5.91 Å². The summed E-state index contributed by atoms with van der Waals surface area (Å²) >= 11 is 0. The fourth-order valence-electron chi connectivity index (χ4n) is 2.48. The van der Waals surface area contributed by atoms with Gasteiger partial charge in [-0.25, -0.2) is 4.39 Å². The SMILES string of the molecule is C=C(C1CC1)N(Cc1ccccc1)C(=O)c1cccc(F)c1. The second-order valence-corrected chi connectivity index (χ2v) is 5.65. The number of hydrogen-bond acceptors (Lipinski definition) is 1. The van der Waals surface area contributed by atoms with Gasteiger partial charge in [0.05, 0.1) is 6.54 Å². The van der Waals surface area contributed by atoms with Crippen molar-refractivity contribution in [3.05, 3.63) is 83.8 Å². The molecule has 1 saturated carbocycles. The molecule has 112 valence electrons. The van der Waals surface area contributed by atoms with Gasteiger partial charge in [-0.3, -0.25) is 4.79 Å². The Labute approximate surface area is 129 Å². The van der Waals surface area contributed by atoms with Crippen LogP contribution in [-0.4, -0.2) is 10.8 Å². The minimum atomic E-state index is -0.400. The largest absolute Gasteiger partial charge is 0.308 e. The average molecular weight is 295 g/mol. The first-order valence-corrected chi connectivity index (χ1v) is 7.45. The van der Waals surface area contributed by atoms with Crippen molar-refractivity contribution >= 4 is 5.91 Å². The Morgan fingerprint density at radius 2 is 1.86 bits per heavy atom. The number of benzene rings is 2. The number of allylic oxidation sites excluding steroid dienone is 1. The van der Waals surface area contributed by atoms with Gasteiger partial charge in [0, 0.05) is 11.3 Å². The highest BCUT2D eigenvalue weighted by Crippen LogP contribution is 2.38. The number of carbonyl (C=O) groups is 1. The minimum Gasteiger partial charge on any atom is -0.308 e. The Hall–Kier alpha value is -2.42. The molecule has 2 aromatic carbocycles. The molecule has 0 saturated heterocycles. The lowest BCUT2D eigenvalue weighted by Gasteiger charge is -2.25. The van der Waals surface area contributed by atoms with Crippen LogP contribution in [-0.2, 0) is 6.54 Å². The molecule has 3 heteroatoms. The quantitative estimate of drug-likeness (QED) is 0.801. The number of amides is 1. The van der Waals surface area contributed by atoms with Crippen LogP contribution in [0.2, 0.25) is 0 Å². The van der Waals surface area contributed by atoms with Gasteiger partial charge in [-0.15, -0.1) is 0 Å². The van der Waals surface area contributed by atoms with E-state index in [2.05, 4.69) is 6.58 Å². The molecule has 1 aliphatic rings. The number of halogens is 1. The van der Waals surface area contributed by atoms with E-state index < -0.39 is 5.82 Å². The smallest absolute Gasteiger partial charge is 0.258 e. The van der Waals surface area contributed by atoms with Crippen LogP contribution in [0.4, 0.5) is 4.39 Å². The van der Waals surface area contributed by atoms with Crippen molar-refractivity contribution in [2.24, 2.45) is 5.92 Å². The maximum Gasteiger partial charge on any atom is 0.258 e. The fourth-order valence-corrected chi connectivity index (χ4v) is 2.48. The van der Waals surface area contributed by atoms with Gasteiger partial charge >= 0.3 is 0 Å².